The van der Waals surface area contributed by atoms with Crippen molar-refractivity contribution in [2.24, 2.45) is 0 Å². The van der Waals surface area contributed by atoms with Gasteiger partial charge in [0.25, 0.3) is 0 Å². The SMILES string of the molecule is CCn1ncc2c3c(NCc4ccc(C)c(Cl)c4)nnc(-n4cnc(C(C)=O)c4)c3cnc21. The van der Waals surface area contributed by atoms with Crippen LogP contribution in [0.15, 0.2) is 43.1 Å². The molecule has 0 fully saturated rings. The minimum atomic E-state index is -0.120. The molecule has 0 radical (unpaired) electrons. The molecule has 0 saturated heterocycles. The van der Waals surface area contributed by atoms with Gasteiger partial charge >= 0.3 is 0 Å². The third kappa shape index (κ3) is 3.70. The number of carbonyl (C=O) groups excluding carboxylic acids is 1. The summed E-state index contributed by atoms with van der Waals surface area (Å²) in [4.78, 5) is 20.5. The summed E-state index contributed by atoms with van der Waals surface area (Å²) in [7, 11) is 0. The molecule has 166 valence electrons. The zero-order valence-corrected chi connectivity index (χ0v) is 19.1. The third-order valence-electron chi connectivity index (χ3n) is 5.57. The summed E-state index contributed by atoms with van der Waals surface area (Å²) < 4.78 is 3.52. The first kappa shape index (κ1) is 21.0. The molecule has 0 unspecified atom stereocenters. The van der Waals surface area contributed by atoms with Crippen LogP contribution in [0.1, 0.15) is 35.5 Å². The van der Waals surface area contributed by atoms with Gasteiger partial charge in [0.1, 0.15) is 12.0 Å². The Bertz CT molecular complexity index is 1520. The molecule has 0 aliphatic carbocycles. The number of nitrogens with one attached hydrogen (secondary N) is 1. The van der Waals surface area contributed by atoms with Crippen LogP contribution in [0.3, 0.4) is 0 Å². The first-order valence-corrected chi connectivity index (χ1v) is 10.9. The molecule has 0 atom stereocenters. The Morgan fingerprint density at radius 3 is 2.73 bits per heavy atom. The zero-order valence-electron chi connectivity index (χ0n) is 18.4. The molecule has 9 nitrogen and oxygen atoms in total. The van der Waals surface area contributed by atoms with Crippen LogP contribution in [0.5, 0.6) is 0 Å². The molecule has 0 spiro atoms. The second kappa shape index (κ2) is 8.25. The summed E-state index contributed by atoms with van der Waals surface area (Å²) in [6, 6.07) is 5.96. The van der Waals surface area contributed by atoms with Gasteiger partial charge in [-0.2, -0.15) is 5.10 Å². The van der Waals surface area contributed by atoms with Crippen LogP contribution in [-0.4, -0.2) is 40.3 Å². The van der Waals surface area contributed by atoms with E-state index < -0.39 is 0 Å². The minimum Gasteiger partial charge on any atom is -0.364 e. The number of ketones is 1. The number of Topliss-reactive ketones (excluding diaryl/α,β-unsaturated/α-hetero) is 1. The molecule has 1 aromatic carbocycles. The molecule has 0 saturated carbocycles. The van der Waals surface area contributed by atoms with Crippen molar-refractivity contribution >= 4 is 45.0 Å². The number of benzene rings is 1. The van der Waals surface area contributed by atoms with E-state index in [1.807, 2.05) is 36.7 Å². The molecule has 4 heterocycles. The lowest BCUT2D eigenvalue weighted by Crippen LogP contribution is -2.07. The highest BCUT2D eigenvalue weighted by atomic mass is 35.5. The van der Waals surface area contributed by atoms with Crippen LogP contribution in [-0.2, 0) is 13.1 Å². The maximum atomic E-state index is 11.7. The first-order valence-electron chi connectivity index (χ1n) is 10.5. The molecule has 5 aromatic rings. The Kier molecular flexibility index (Phi) is 5.26. The van der Waals surface area contributed by atoms with E-state index in [-0.39, 0.29) is 5.78 Å². The van der Waals surface area contributed by atoms with Crippen molar-refractivity contribution in [1.82, 2.24) is 34.5 Å². The lowest BCUT2D eigenvalue weighted by atomic mass is 10.1. The van der Waals surface area contributed by atoms with Crippen molar-refractivity contribution in [3.05, 3.63) is 65.0 Å². The van der Waals surface area contributed by atoms with Crippen LogP contribution in [0, 0.1) is 6.92 Å². The Morgan fingerprint density at radius 2 is 2.00 bits per heavy atom. The number of halogens is 1. The van der Waals surface area contributed by atoms with Crippen molar-refractivity contribution in [2.45, 2.75) is 33.9 Å². The van der Waals surface area contributed by atoms with Gasteiger partial charge in [-0.05, 0) is 31.0 Å². The Hall–Kier alpha value is -3.85. The van der Waals surface area contributed by atoms with Gasteiger partial charge in [0.05, 0.1) is 11.6 Å². The van der Waals surface area contributed by atoms with Gasteiger partial charge in [-0.1, -0.05) is 23.7 Å². The first-order chi connectivity index (χ1) is 16.0. The third-order valence-corrected chi connectivity index (χ3v) is 5.98. The summed E-state index contributed by atoms with van der Waals surface area (Å²) in [6.07, 6.45) is 6.76. The fraction of sp³-hybridized carbons (Fsp3) is 0.217. The van der Waals surface area contributed by atoms with Crippen LogP contribution >= 0.6 is 11.6 Å². The van der Waals surface area contributed by atoms with Gasteiger partial charge in [-0.25, -0.2) is 14.6 Å². The fourth-order valence-corrected chi connectivity index (χ4v) is 3.95. The highest BCUT2D eigenvalue weighted by Crippen LogP contribution is 2.32. The number of nitrogens with zero attached hydrogens (tertiary/aromatic N) is 7. The maximum absolute atomic E-state index is 11.7. The standard InChI is InChI=1S/C23H21ClN8O/c1-4-32-22-17(10-28-32)20-16(9-26-22)23(31-11-19(14(3)33)27-12-31)30-29-21(20)25-8-15-6-5-13(2)18(24)7-15/h5-7,9-12H,4,8H2,1-3H3,(H,25,29). The smallest absolute Gasteiger partial charge is 0.179 e. The second-order valence-corrected chi connectivity index (χ2v) is 8.18. The van der Waals surface area contributed by atoms with Gasteiger partial charge < -0.3 is 5.32 Å². The predicted molar refractivity (Wildman–Crippen MR) is 127 cm³/mol. The summed E-state index contributed by atoms with van der Waals surface area (Å²) in [6.45, 7) is 6.69. The number of anilines is 1. The molecule has 0 aliphatic heterocycles. The molecule has 1 N–H and O–H groups in total. The number of fused-ring (bicyclic) bond motifs is 3. The van der Waals surface area contributed by atoms with E-state index in [9.17, 15) is 4.79 Å². The van der Waals surface area contributed by atoms with E-state index in [1.165, 1.54) is 6.92 Å². The number of pyridine rings is 1. The maximum Gasteiger partial charge on any atom is 0.179 e. The topological polar surface area (TPSA) is 103 Å². The van der Waals surface area contributed by atoms with Crippen molar-refractivity contribution in [3.63, 3.8) is 0 Å². The summed E-state index contributed by atoms with van der Waals surface area (Å²) in [5, 5.41) is 20.0. The highest BCUT2D eigenvalue weighted by molar-refractivity contribution is 6.31. The molecular weight excluding hydrogens is 440 g/mol. The minimum absolute atomic E-state index is 0.120. The number of rotatable bonds is 6. The molecule has 5 rings (SSSR count). The largest absolute Gasteiger partial charge is 0.364 e. The zero-order chi connectivity index (χ0) is 23.1. The monoisotopic (exact) mass is 460 g/mol. The molecule has 0 bridgehead atoms. The van der Waals surface area contributed by atoms with Crippen LogP contribution in [0.25, 0.3) is 27.6 Å². The normalized spacial score (nSPS) is 11.4. The van der Waals surface area contributed by atoms with Crippen LogP contribution < -0.4 is 5.32 Å². The average Bonchev–Trinajstić information content (AvgIpc) is 3.47. The van der Waals surface area contributed by atoms with Crippen LogP contribution in [0.2, 0.25) is 5.02 Å². The van der Waals surface area contributed by atoms with E-state index in [4.69, 9.17) is 11.6 Å². The van der Waals surface area contributed by atoms with Gasteiger partial charge in [-0.3, -0.25) is 9.36 Å². The van der Waals surface area contributed by atoms with E-state index in [0.29, 0.717) is 30.4 Å². The molecule has 0 amide bonds. The van der Waals surface area contributed by atoms with E-state index >= 15 is 0 Å². The van der Waals surface area contributed by atoms with Gasteiger partial charge in [0, 0.05) is 48.2 Å². The van der Waals surface area contributed by atoms with Gasteiger partial charge in [-0.15, -0.1) is 10.2 Å². The molecular formula is C23H21ClN8O. The predicted octanol–water partition coefficient (Wildman–Crippen LogP) is 4.36. The van der Waals surface area contributed by atoms with Crippen molar-refractivity contribution in [1.29, 1.82) is 0 Å². The summed E-state index contributed by atoms with van der Waals surface area (Å²) in [5.74, 6) is 1.03. The van der Waals surface area contributed by atoms with Crippen molar-refractivity contribution in [2.75, 3.05) is 5.32 Å². The number of hydrogen-bond donors (Lipinski definition) is 1. The van der Waals surface area contributed by atoms with E-state index in [1.54, 1.807) is 29.5 Å². The summed E-state index contributed by atoms with van der Waals surface area (Å²) in [5.41, 5.74) is 3.18. The van der Waals surface area contributed by atoms with Gasteiger partial charge in [0.2, 0.25) is 0 Å². The molecule has 33 heavy (non-hydrogen) atoms. The Labute approximate surface area is 194 Å². The van der Waals surface area contributed by atoms with E-state index in [0.717, 1.165) is 38.0 Å². The summed E-state index contributed by atoms with van der Waals surface area (Å²) >= 11 is 6.29. The lowest BCUT2D eigenvalue weighted by Gasteiger charge is -2.12. The molecule has 0 aliphatic rings. The average molecular weight is 461 g/mol. The van der Waals surface area contributed by atoms with Crippen molar-refractivity contribution < 1.29 is 4.79 Å². The fourth-order valence-electron chi connectivity index (χ4n) is 3.75. The Morgan fingerprint density at radius 1 is 1.15 bits per heavy atom. The number of imidazole rings is 1. The van der Waals surface area contributed by atoms with Gasteiger partial charge in [0.15, 0.2) is 23.1 Å². The quantitative estimate of drug-likeness (QED) is 0.375. The number of carbonyl (C=O) groups is 1. The van der Waals surface area contributed by atoms with Crippen LogP contribution in [0.4, 0.5) is 5.82 Å². The Balaban J connectivity index is 1.65. The number of aryl methyl sites for hydroxylation is 2. The second-order valence-electron chi connectivity index (χ2n) is 7.78. The molecule has 4 aromatic heterocycles. The molecule has 10 heteroatoms. The number of hydrogen-bond acceptors (Lipinski definition) is 7. The highest BCUT2D eigenvalue weighted by Gasteiger charge is 2.18. The lowest BCUT2D eigenvalue weighted by molar-refractivity contribution is 0.101. The number of aromatic nitrogens is 7. The van der Waals surface area contributed by atoms with E-state index in [2.05, 4.69) is 30.6 Å². The van der Waals surface area contributed by atoms with Crippen molar-refractivity contribution in [3.8, 4) is 5.82 Å².